The first-order valence-corrected chi connectivity index (χ1v) is 7.36. The smallest absolute Gasteiger partial charge is 0.175 e. The molecule has 0 saturated heterocycles. The molecule has 0 radical (unpaired) electrons. The average Bonchev–Trinajstić information content (AvgIpc) is 2.50. The van der Waals surface area contributed by atoms with Gasteiger partial charge in [-0.15, -0.1) is 0 Å². The summed E-state index contributed by atoms with van der Waals surface area (Å²) in [5, 5.41) is 9.03. The van der Waals surface area contributed by atoms with Gasteiger partial charge in [-0.05, 0) is 54.4 Å². The highest BCUT2D eigenvalue weighted by atomic mass is 32.1. The molecule has 0 heterocycles. The van der Waals surface area contributed by atoms with Gasteiger partial charge in [-0.1, -0.05) is 36.4 Å². The molecule has 3 rings (SSSR count). The quantitative estimate of drug-likeness (QED) is 0.644. The Hall–Kier alpha value is -2.46. The second kappa shape index (κ2) is 6.12. The number of benzene rings is 3. The maximum absolute atomic E-state index is 13.1. The lowest BCUT2D eigenvalue weighted by Gasteiger charge is -2.14. The van der Waals surface area contributed by atoms with Crippen LogP contribution in [0.25, 0.3) is 10.8 Å². The summed E-state index contributed by atoms with van der Waals surface area (Å²) in [6.07, 6.45) is 0. The number of thiocarbonyl (C=S) groups is 1. The molecule has 2 N–H and O–H groups in total. The largest absolute Gasteiger partial charge is 0.332 e. The molecule has 2 nitrogen and oxygen atoms in total. The minimum Gasteiger partial charge on any atom is -0.332 e. The molecular weight excluding hydrogens is 295 g/mol. The van der Waals surface area contributed by atoms with Crippen molar-refractivity contribution in [2.45, 2.75) is 6.92 Å². The molecule has 0 fully saturated rings. The molecule has 0 aliphatic heterocycles. The maximum Gasteiger partial charge on any atom is 0.175 e. The third kappa shape index (κ3) is 3.07. The highest BCUT2D eigenvalue weighted by Crippen LogP contribution is 2.23. The van der Waals surface area contributed by atoms with E-state index in [4.69, 9.17) is 12.2 Å². The van der Waals surface area contributed by atoms with E-state index in [1.807, 2.05) is 37.3 Å². The second-order valence-corrected chi connectivity index (χ2v) is 5.47. The molecule has 22 heavy (non-hydrogen) atoms. The van der Waals surface area contributed by atoms with Gasteiger partial charge in [0.05, 0.1) is 0 Å². The van der Waals surface area contributed by atoms with Crippen molar-refractivity contribution in [3.63, 3.8) is 0 Å². The summed E-state index contributed by atoms with van der Waals surface area (Å²) < 4.78 is 13.1. The first-order valence-electron chi connectivity index (χ1n) is 6.95. The molecule has 0 atom stereocenters. The number of halogens is 1. The highest BCUT2D eigenvalue weighted by molar-refractivity contribution is 7.80. The molecule has 3 aromatic carbocycles. The molecule has 0 spiro atoms. The Balaban J connectivity index is 1.81. The summed E-state index contributed by atoms with van der Waals surface area (Å²) in [7, 11) is 0. The summed E-state index contributed by atoms with van der Waals surface area (Å²) in [4.78, 5) is 0. The molecule has 0 unspecified atom stereocenters. The number of anilines is 2. The first-order chi connectivity index (χ1) is 10.6. The van der Waals surface area contributed by atoms with Gasteiger partial charge in [-0.3, -0.25) is 0 Å². The van der Waals surface area contributed by atoms with Crippen LogP contribution in [0.1, 0.15) is 5.56 Å². The predicted molar refractivity (Wildman–Crippen MR) is 94.9 cm³/mol. The van der Waals surface area contributed by atoms with E-state index in [0.29, 0.717) is 5.11 Å². The topological polar surface area (TPSA) is 24.1 Å². The van der Waals surface area contributed by atoms with E-state index in [1.54, 1.807) is 6.07 Å². The summed E-state index contributed by atoms with van der Waals surface area (Å²) in [6.45, 7) is 1.84. The minimum absolute atomic E-state index is 0.254. The van der Waals surface area contributed by atoms with Crippen LogP contribution in [0, 0.1) is 12.7 Å². The Morgan fingerprint density at radius 2 is 1.64 bits per heavy atom. The molecule has 0 aromatic heterocycles. The SMILES string of the molecule is Cc1cc(F)ccc1NC(=S)Nc1cccc2ccccc12. The zero-order valence-electron chi connectivity index (χ0n) is 12.1. The van der Waals surface area contributed by atoms with Gasteiger partial charge in [0.2, 0.25) is 0 Å². The first kappa shape index (κ1) is 14.5. The third-order valence-electron chi connectivity index (χ3n) is 3.47. The van der Waals surface area contributed by atoms with Gasteiger partial charge in [0.1, 0.15) is 5.82 Å². The van der Waals surface area contributed by atoms with Crippen LogP contribution in [0.4, 0.5) is 15.8 Å². The Kier molecular flexibility index (Phi) is 4.02. The minimum atomic E-state index is -0.254. The molecule has 0 amide bonds. The van der Waals surface area contributed by atoms with Crippen LogP contribution < -0.4 is 10.6 Å². The van der Waals surface area contributed by atoms with Crippen molar-refractivity contribution in [3.8, 4) is 0 Å². The van der Waals surface area contributed by atoms with Crippen molar-refractivity contribution in [2.75, 3.05) is 10.6 Å². The second-order valence-electron chi connectivity index (χ2n) is 5.07. The number of aryl methyl sites for hydroxylation is 1. The van der Waals surface area contributed by atoms with Crippen molar-refractivity contribution < 1.29 is 4.39 Å². The molecule has 0 saturated carbocycles. The van der Waals surface area contributed by atoms with Gasteiger partial charge in [0.25, 0.3) is 0 Å². The zero-order valence-corrected chi connectivity index (χ0v) is 12.9. The summed E-state index contributed by atoms with van der Waals surface area (Å²) in [5.74, 6) is -0.254. The number of nitrogens with one attached hydrogen (secondary N) is 2. The predicted octanol–water partition coefficient (Wildman–Crippen LogP) is 5.10. The fourth-order valence-electron chi connectivity index (χ4n) is 2.38. The van der Waals surface area contributed by atoms with Crippen molar-refractivity contribution in [1.29, 1.82) is 0 Å². The summed E-state index contributed by atoms with van der Waals surface area (Å²) >= 11 is 5.36. The van der Waals surface area contributed by atoms with Crippen LogP contribution in [0.2, 0.25) is 0 Å². The van der Waals surface area contributed by atoms with Gasteiger partial charge in [-0.2, -0.15) is 0 Å². The van der Waals surface area contributed by atoms with Crippen molar-refractivity contribution >= 4 is 39.5 Å². The molecule has 110 valence electrons. The zero-order chi connectivity index (χ0) is 15.5. The van der Waals surface area contributed by atoms with Crippen LogP contribution in [0.3, 0.4) is 0 Å². The molecule has 4 heteroatoms. The molecule has 0 aliphatic rings. The highest BCUT2D eigenvalue weighted by Gasteiger charge is 2.05. The molecular formula is C18H15FN2S. The number of hydrogen-bond donors (Lipinski definition) is 2. The average molecular weight is 310 g/mol. The normalized spacial score (nSPS) is 10.5. The fourth-order valence-corrected chi connectivity index (χ4v) is 2.60. The lowest BCUT2D eigenvalue weighted by atomic mass is 10.1. The number of rotatable bonds is 2. The molecule has 0 bridgehead atoms. The van der Waals surface area contributed by atoms with Gasteiger partial charge in [-0.25, -0.2) is 4.39 Å². The lowest BCUT2D eigenvalue weighted by molar-refractivity contribution is 0.627. The van der Waals surface area contributed by atoms with Crippen LogP contribution in [-0.2, 0) is 0 Å². The van der Waals surface area contributed by atoms with E-state index < -0.39 is 0 Å². The van der Waals surface area contributed by atoms with Crippen LogP contribution in [-0.4, -0.2) is 5.11 Å². The van der Waals surface area contributed by atoms with Crippen molar-refractivity contribution in [1.82, 2.24) is 0 Å². The van der Waals surface area contributed by atoms with E-state index in [9.17, 15) is 4.39 Å². The van der Waals surface area contributed by atoms with Gasteiger partial charge < -0.3 is 10.6 Å². The summed E-state index contributed by atoms with van der Waals surface area (Å²) in [5.41, 5.74) is 2.54. The molecule has 0 aliphatic carbocycles. The van der Waals surface area contributed by atoms with E-state index in [-0.39, 0.29) is 5.82 Å². The summed E-state index contributed by atoms with van der Waals surface area (Å²) in [6, 6.07) is 18.7. The van der Waals surface area contributed by atoms with E-state index in [0.717, 1.165) is 27.7 Å². The third-order valence-corrected chi connectivity index (χ3v) is 3.68. The lowest BCUT2D eigenvalue weighted by Crippen LogP contribution is -2.19. The van der Waals surface area contributed by atoms with Gasteiger partial charge in [0, 0.05) is 16.8 Å². The molecule has 3 aromatic rings. The monoisotopic (exact) mass is 310 g/mol. The Morgan fingerprint density at radius 3 is 2.45 bits per heavy atom. The van der Waals surface area contributed by atoms with Crippen LogP contribution >= 0.6 is 12.2 Å². The Bertz CT molecular complexity index is 840. The van der Waals surface area contributed by atoms with E-state index in [2.05, 4.69) is 22.8 Å². The van der Waals surface area contributed by atoms with Crippen LogP contribution in [0.5, 0.6) is 0 Å². The van der Waals surface area contributed by atoms with Crippen LogP contribution in [0.15, 0.2) is 60.7 Å². The standard InChI is InChI=1S/C18H15FN2S/c1-12-11-14(19)9-10-16(12)20-18(22)21-17-8-4-6-13-5-2-3-7-15(13)17/h2-11H,1H3,(H2,20,21,22). The fraction of sp³-hybridized carbons (Fsp3) is 0.0556. The van der Waals surface area contributed by atoms with Gasteiger partial charge in [0.15, 0.2) is 5.11 Å². The van der Waals surface area contributed by atoms with Crippen molar-refractivity contribution in [3.05, 3.63) is 72.0 Å². The van der Waals surface area contributed by atoms with Gasteiger partial charge >= 0.3 is 0 Å². The Morgan fingerprint density at radius 1 is 0.909 bits per heavy atom. The number of hydrogen-bond acceptors (Lipinski definition) is 1. The number of fused-ring (bicyclic) bond motifs is 1. The van der Waals surface area contributed by atoms with E-state index in [1.165, 1.54) is 12.1 Å². The Labute approximate surface area is 134 Å². The van der Waals surface area contributed by atoms with Crippen molar-refractivity contribution in [2.24, 2.45) is 0 Å². The maximum atomic E-state index is 13.1. The van der Waals surface area contributed by atoms with E-state index >= 15 is 0 Å².